The summed E-state index contributed by atoms with van der Waals surface area (Å²) >= 11 is 0. The van der Waals surface area contributed by atoms with Crippen LogP contribution in [0.5, 0.6) is 0 Å². The predicted molar refractivity (Wildman–Crippen MR) is 57.3 cm³/mol. The quantitative estimate of drug-likeness (QED) is 0.708. The molecule has 4 rings (SSSR count). The minimum atomic E-state index is -1.04. The Bertz CT molecular complexity index is 281. The van der Waals surface area contributed by atoms with Crippen LogP contribution in [0.2, 0.25) is 0 Å². The highest BCUT2D eigenvalue weighted by atomic mass is 19.1. The molecule has 4 unspecified atom stereocenters. The van der Waals surface area contributed by atoms with Crippen molar-refractivity contribution in [3.8, 4) is 0 Å². The van der Waals surface area contributed by atoms with Gasteiger partial charge in [0.1, 0.15) is 5.67 Å². The van der Waals surface area contributed by atoms with E-state index in [1.165, 1.54) is 0 Å². The van der Waals surface area contributed by atoms with Crippen LogP contribution in [0.25, 0.3) is 0 Å². The Labute approximate surface area is 91.1 Å². The van der Waals surface area contributed by atoms with Crippen molar-refractivity contribution >= 4 is 0 Å². The molecular weight excluding hydrogens is 191 g/mol. The van der Waals surface area contributed by atoms with Gasteiger partial charge in [-0.25, -0.2) is 4.39 Å². The Morgan fingerprint density at radius 2 is 1.87 bits per heavy atom. The molecular formula is C13H21FO. The van der Waals surface area contributed by atoms with Crippen molar-refractivity contribution in [2.75, 3.05) is 0 Å². The summed E-state index contributed by atoms with van der Waals surface area (Å²) in [6, 6.07) is 0. The number of hydrogen-bond donors (Lipinski definition) is 1. The minimum absolute atomic E-state index is 0.100. The topological polar surface area (TPSA) is 20.2 Å². The van der Waals surface area contributed by atoms with Gasteiger partial charge in [-0.3, -0.25) is 0 Å². The number of aliphatic hydroxyl groups is 1. The van der Waals surface area contributed by atoms with Crippen LogP contribution in [0.1, 0.15) is 52.4 Å². The van der Waals surface area contributed by atoms with Crippen LogP contribution in [0.3, 0.4) is 0 Å². The van der Waals surface area contributed by atoms with Crippen LogP contribution in [0.15, 0.2) is 0 Å². The summed E-state index contributed by atoms with van der Waals surface area (Å²) in [5.74, 6) is 0.946. The summed E-state index contributed by atoms with van der Waals surface area (Å²) < 4.78 is 14.6. The van der Waals surface area contributed by atoms with Crippen molar-refractivity contribution in [3.63, 3.8) is 0 Å². The maximum Gasteiger partial charge on any atom is 0.114 e. The molecule has 4 aliphatic carbocycles. The lowest BCUT2D eigenvalue weighted by Gasteiger charge is -2.63. The van der Waals surface area contributed by atoms with Crippen LogP contribution in [-0.2, 0) is 0 Å². The monoisotopic (exact) mass is 212 g/mol. The van der Waals surface area contributed by atoms with Crippen LogP contribution in [-0.4, -0.2) is 16.4 Å². The second-order valence-corrected chi connectivity index (χ2v) is 6.90. The fraction of sp³-hybridized carbons (Fsp3) is 1.00. The van der Waals surface area contributed by atoms with Gasteiger partial charge in [0.25, 0.3) is 0 Å². The van der Waals surface area contributed by atoms with Gasteiger partial charge in [-0.05, 0) is 49.4 Å². The van der Waals surface area contributed by atoms with Crippen molar-refractivity contribution in [2.24, 2.45) is 17.3 Å². The smallest absolute Gasteiger partial charge is 0.114 e. The van der Waals surface area contributed by atoms with Crippen molar-refractivity contribution in [3.05, 3.63) is 0 Å². The van der Waals surface area contributed by atoms with E-state index in [1.54, 1.807) is 0 Å². The van der Waals surface area contributed by atoms with Gasteiger partial charge in [0.2, 0.25) is 0 Å². The zero-order valence-corrected chi connectivity index (χ0v) is 9.72. The predicted octanol–water partition coefficient (Wildman–Crippen LogP) is 3.07. The van der Waals surface area contributed by atoms with Gasteiger partial charge >= 0.3 is 0 Å². The molecule has 0 aliphatic heterocycles. The minimum Gasteiger partial charge on any atom is -0.390 e. The molecule has 15 heavy (non-hydrogen) atoms. The number of hydrogen-bond acceptors (Lipinski definition) is 1. The van der Waals surface area contributed by atoms with E-state index in [2.05, 4.69) is 13.8 Å². The second kappa shape index (κ2) is 2.58. The van der Waals surface area contributed by atoms with E-state index in [4.69, 9.17) is 0 Å². The summed E-state index contributed by atoms with van der Waals surface area (Å²) in [7, 11) is 0. The molecule has 0 saturated heterocycles. The molecule has 0 amide bonds. The molecule has 0 radical (unpaired) electrons. The zero-order chi connectivity index (χ0) is 10.9. The normalized spacial score (nSPS) is 57.8. The second-order valence-electron chi connectivity index (χ2n) is 6.90. The maximum absolute atomic E-state index is 14.6. The summed E-state index contributed by atoms with van der Waals surface area (Å²) in [5, 5.41) is 10.4. The van der Waals surface area contributed by atoms with E-state index < -0.39 is 11.3 Å². The number of halogens is 1. The molecule has 0 spiro atoms. The molecule has 4 aliphatic rings. The highest BCUT2D eigenvalue weighted by molar-refractivity contribution is 5.15. The first kappa shape index (κ1) is 10.1. The molecule has 4 fully saturated rings. The molecule has 0 aromatic rings. The lowest BCUT2D eigenvalue weighted by Crippen LogP contribution is -2.62. The first-order valence-electron chi connectivity index (χ1n) is 6.26. The Hall–Kier alpha value is -0.110. The molecule has 1 nitrogen and oxygen atoms in total. The van der Waals surface area contributed by atoms with Crippen LogP contribution in [0.4, 0.5) is 4.39 Å². The van der Waals surface area contributed by atoms with Crippen molar-refractivity contribution in [1.29, 1.82) is 0 Å². The van der Waals surface area contributed by atoms with Crippen LogP contribution in [0, 0.1) is 17.3 Å². The SMILES string of the molecule is CC(C)C12CC3CC(O)(CC(F)(C3)C1)C2. The molecule has 1 N–H and O–H groups in total. The van der Waals surface area contributed by atoms with E-state index in [0.29, 0.717) is 31.1 Å². The van der Waals surface area contributed by atoms with Gasteiger partial charge in [-0.15, -0.1) is 0 Å². The van der Waals surface area contributed by atoms with E-state index in [0.717, 1.165) is 19.3 Å². The number of rotatable bonds is 1. The van der Waals surface area contributed by atoms with Crippen LogP contribution < -0.4 is 0 Å². The summed E-state index contributed by atoms with van der Waals surface area (Å²) in [5.41, 5.74) is -1.61. The number of alkyl halides is 1. The highest BCUT2D eigenvalue weighted by Crippen LogP contribution is 2.66. The lowest BCUT2D eigenvalue weighted by atomic mass is 9.44. The molecule has 0 heterocycles. The molecule has 86 valence electrons. The third-order valence-electron chi connectivity index (χ3n) is 5.24. The van der Waals surface area contributed by atoms with Gasteiger partial charge in [-0.2, -0.15) is 0 Å². The first-order chi connectivity index (χ1) is 6.85. The Morgan fingerprint density at radius 3 is 2.40 bits per heavy atom. The summed E-state index contributed by atoms with van der Waals surface area (Å²) in [6.45, 7) is 4.39. The molecule has 0 aromatic carbocycles. The summed E-state index contributed by atoms with van der Waals surface area (Å²) in [4.78, 5) is 0. The molecule has 4 atom stereocenters. The average Bonchev–Trinajstić information content (AvgIpc) is 1.95. The molecule has 0 aromatic heterocycles. The van der Waals surface area contributed by atoms with Gasteiger partial charge in [-0.1, -0.05) is 13.8 Å². The molecule has 4 saturated carbocycles. The van der Waals surface area contributed by atoms with Crippen LogP contribution >= 0.6 is 0 Å². The third-order valence-corrected chi connectivity index (χ3v) is 5.24. The third kappa shape index (κ3) is 1.30. The fourth-order valence-electron chi connectivity index (χ4n) is 4.99. The highest BCUT2D eigenvalue weighted by Gasteiger charge is 2.64. The Kier molecular flexibility index (Phi) is 1.73. The van der Waals surface area contributed by atoms with Gasteiger partial charge in [0, 0.05) is 6.42 Å². The van der Waals surface area contributed by atoms with Crippen molar-refractivity contribution in [2.45, 2.75) is 63.6 Å². The van der Waals surface area contributed by atoms with Gasteiger partial charge in [0.05, 0.1) is 5.60 Å². The van der Waals surface area contributed by atoms with Crippen molar-refractivity contribution in [1.82, 2.24) is 0 Å². The maximum atomic E-state index is 14.6. The van der Waals surface area contributed by atoms with Gasteiger partial charge < -0.3 is 5.11 Å². The Balaban J connectivity index is 2.02. The molecule has 4 bridgehead atoms. The summed E-state index contributed by atoms with van der Waals surface area (Å²) in [6.07, 6.45) is 4.68. The van der Waals surface area contributed by atoms with E-state index in [-0.39, 0.29) is 5.41 Å². The van der Waals surface area contributed by atoms with Crippen molar-refractivity contribution < 1.29 is 9.50 Å². The van der Waals surface area contributed by atoms with E-state index in [9.17, 15) is 9.50 Å². The van der Waals surface area contributed by atoms with Gasteiger partial charge in [0.15, 0.2) is 0 Å². The zero-order valence-electron chi connectivity index (χ0n) is 9.72. The largest absolute Gasteiger partial charge is 0.390 e. The van der Waals surface area contributed by atoms with E-state index >= 15 is 0 Å². The Morgan fingerprint density at radius 1 is 1.13 bits per heavy atom. The first-order valence-corrected chi connectivity index (χ1v) is 6.26. The standard InChI is InChI=1S/C13H21FO/c1-9(2)11-3-10-4-12(14,6-11)8-13(15,5-10)7-11/h9-10,15H,3-8H2,1-2H3. The molecule has 2 heteroatoms. The van der Waals surface area contributed by atoms with E-state index in [1.807, 2.05) is 0 Å². The lowest BCUT2D eigenvalue weighted by molar-refractivity contribution is -0.216. The fourth-order valence-corrected chi connectivity index (χ4v) is 4.99. The average molecular weight is 212 g/mol.